The number of benzene rings is 2. The number of hydrogen-bond acceptors (Lipinski definition) is 11. The van der Waals surface area contributed by atoms with Crippen molar-refractivity contribution in [1.29, 1.82) is 0 Å². The molecule has 176 valence electrons. The summed E-state index contributed by atoms with van der Waals surface area (Å²) in [6, 6.07) is 5.05. The molecule has 6 N–H and O–H groups in total. The second-order valence-electron chi connectivity index (χ2n) is 7.53. The van der Waals surface area contributed by atoms with Crippen molar-refractivity contribution in [3.8, 4) is 34.1 Å². The van der Waals surface area contributed by atoms with Crippen LogP contribution in [0.4, 0.5) is 0 Å². The fourth-order valence-corrected chi connectivity index (χ4v) is 3.90. The molecule has 4 rings (SSSR count). The standard InChI is InChI=1S/C22H22O11/c1-30-13-5-8(3-4-10(13)23)9-7-32-20-14(16(9)26)11(24)6-12(25)15(20)21-18(28)17(27)19(29)22(31-2)33-21/h3-7,17-19,21-25,27-29H,1-2H3. The van der Waals surface area contributed by atoms with Crippen molar-refractivity contribution in [1.82, 2.24) is 0 Å². The first-order valence-electron chi connectivity index (χ1n) is 9.79. The van der Waals surface area contributed by atoms with E-state index in [2.05, 4.69) is 0 Å². The molecule has 0 bridgehead atoms. The molecule has 0 spiro atoms. The average molecular weight is 462 g/mol. The van der Waals surface area contributed by atoms with Gasteiger partial charge in [-0.2, -0.15) is 0 Å². The van der Waals surface area contributed by atoms with E-state index >= 15 is 0 Å². The van der Waals surface area contributed by atoms with Crippen LogP contribution in [-0.4, -0.2) is 69.5 Å². The van der Waals surface area contributed by atoms with Gasteiger partial charge in [0, 0.05) is 13.2 Å². The number of ether oxygens (including phenoxy) is 3. The fraction of sp³-hybridized carbons (Fsp3) is 0.318. The Balaban J connectivity index is 1.92. The summed E-state index contributed by atoms with van der Waals surface area (Å²) in [4.78, 5) is 13.3. The molecule has 1 aliphatic heterocycles. The zero-order chi connectivity index (χ0) is 24.0. The fourth-order valence-electron chi connectivity index (χ4n) is 3.90. The van der Waals surface area contributed by atoms with Crippen LogP contribution in [0, 0.1) is 0 Å². The number of rotatable bonds is 4. The number of aromatic hydroxyl groups is 3. The molecule has 0 aliphatic carbocycles. The predicted octanol–water partition coefficient (Wildman–Crippen LogP) is 0.712. The van der Waals surface area contributed by atoms with Crippen molar-refractivity contribution in [3.63, 3.8) is 0 Å². The smallest absolute Gasteiger partial charge is 0.204 e. The Morgan fingerprint density at radius 2 is 1.64 bits per heavy atom. The van der Waals surface area contributed by atoms with E-state index in [0.717, 1.165) is 12.3 Å². The van der Waals surface area contributed by atoms with Gasteiger partial charge in [0.1, 0.15) is 47.6 Å². The summed E-state index contributed by atoms with van der Waals surface area (Å²) in [7, 11) is 2.55. The Hall–Kier alpha value is -3.35. The lowest BCUT2D eigenvalue weighted by molar-refractivity contribution is -0.292. The highest BCUT2D eigenvalue weighted by Gasteiger charge is 2.46. The summed E-state index contributed by atoms with van der Waals surface area (Å²) >= 11 is 0. The highest BCUT2D eigenvalue weighted by molar-refractivity contribution is 5.91. The summed E-state index contributed by atoms with van der Waals surface area (Å²) in [6.45, 7) is 0. The quantitative estimate of drug-likeness (QED) is 0.321. The molecule has 1 fully saturated rings. The van der Waals surface area contributed by atoms with Gasteiger partial charge in [-0.25, -0.2) is 0 Å². The minimum Gasteiger partial charge on any atom is -0.507 e. The van der Waals surface area contributed by atoms with Crippen LogP contribution < -0.4 is 10.2 Å². The minimum atomic E-state index is -1.73. The van der Waals surface area contributed by atoms with Crippen LogP contribution in [0.3, 0.4) is 0 Å². The Morgan fingerprint density at radius 3 is 2.30 bits per heavy atom. The molecule has 2 aromatic carbocycles. The third-order valence-electron chi connectivity index (χ3n) is 5.62. The van der Waals surface area contributed by atoms with E-state index in [-0.39, 0.29) is 33.6 Å². The maximum absolute atomic E-state index is 13.3. The summed E-state index contributed by atoms with van der Waals surface area (Å²) in [5, 5.41) is 61.1. The van der Waals surface area contributed by atoms with Gasteiger partial charge in [-0.05, 0) is 17.7 Å². The molecule has 11 heteroatoms. The number of methoxy groups -OCH3 is 2. The molecule has 3 aromatic rings. The van der Waals surface area contributed by atoms with Crippen molar-refractivity contribution >= 4 is 11.0 Å². The van der Waals surface area contributed by atoms with Crippen LogP contribution in [0.5, 0.6) is 23.0 Å². The van der Waals surface area contributed by atoms with Crippen molar-refractivity contribution in [2.24, 2.45) is 0 Å². The van der Waals surface area contributed by atoms with Crippen molar-refractivity contribution in [2.45, 2.75) is 30.7 Å². The van der Waals surface area contributed by atoms with Crippen LogP contribution in [0.25, 0.3) is 22.1 Å². The lowest BCUT2D eigenvalue weighted by atomic mass is 9.91. The normalized spacial score (nSPS) is 25.3. The number of hydrogen-bond donors (Lipinski definition) is 6. The highest BCUT2D eigenvalue weighted by atomic mass is 16.7. The maximum atomic E-state index is 13.3. The second-order valence-corrected chi connectivity index (χ2v) is 7.53. The zero-order valence-electron chi connectivity index (χ0n) is 17.5. The van der Waals surface area contributed by atoms with E-state index in [1.807, 2.05) is 0 Å². The van der Waals surface area contributed by atoms with Crippen LogP contribution in [0.2, 0.25) is 0 Å². The predicted molar refractivity (Wildman–Crippen MR) is 112 cm³/mol. The Morgan fingerprint density at radius 1 is 0.909 bits per heavy atom. The van der Waals surface area contributed by atoms with Crippen molar-refractivity contribution in [3.05, 3.63) is 46.3 Å². The van der Waals surface area contributed by atoms with Gasteiger partial charge in [0.15, 0.2) is 23.4 Å². The Labute approximate surface area is 186 Å². The van der Waals surface area contributed by atoms with E-state index in [1.165, 1.54) is 32.4 Å². The summed E-state index contributed by atoms with van der Waals surface area (Å²) < 4.78 is 21.2. The van der Waals surface area contributed by atoms with E-state index in [4.69, 9.17) is 18.6 Å². The molecule has 5 unspecified atom stereocenters. The number of phenolic OH excluding ortho intramolecular Hbond substituents is 3. The number of phenols is 3. The summed E-state index contributed by atoms with van der Waals surface area (Å²) in [5.41, 5.74) is -0.869. The van der Waals surface area contributed by atoms with E-state index < -0.39 is 47.6 Å². The number of fused-ring (bicyclic) bond motifs is 1. The third kappa shape index (κ3) is 3.65. The Bertz CT molecular complexity index is 1250. The second kappa shape index (κ2) is 8.54. The molecular weight excluding hydrogens is 440 g/mol. The summed E-state index contributed by atoms with van der Waals surface area (Å²) in [5.74, 6) is -1.20. The van der Waals surface area contributed by atoms with Gasteiger partial charge >= 0.3 is 0 Å². The maximum Gasteiger partial charge on any atom is 0.204 e. The molecule has 11 nitrogen and oxygen atoms in total. The van der Waals surface area contributed by atoms with Crippen LogP contribution in [0.1, 0.15) is 11.7 Å². The van der Waals surface area contributed by atoms with Gasteiger partial charge in [0.2, 0.25) is 5.43 Å². The topological polar surface area (TPSA) is 179 Å². The van der Waals surface area contributed by atoms with Gasteiger partial charge in [-0.1, -0.05) is 6.07 Å². The largest absolute Gasteiger partial charge is 0.507 e. The van der Waals surface area contributed by atoms with Crippen molar-refractivity contribution in [2.75, 3.05) is 14.2 Å². The lowest BCUT2D eigenvalue weighted by Gasteiger charge is -2.40. The van der Waals surface area contributed by atoms with Gasteiger partial charge in [0.25, 0.3) is 0 Å². The molecule has 1 saturated heterocycles. The lowest BCUT2D eigenvalue weighted by Crippen LogP contribution is -2.54. The Kier molecular flexibility index (Phi) is 5.91. The molecule has 0 amide bonds. The monoisotopic (exact) mass is 462 g/mol. The van der Waals surface area contributed by atoms with Crippen molar-refractivity contribution < 1.29 is 49.3 Å². The molecule has 5 atom stereocenters. The molecular formula is C22H22O11. The first kappa shape index (κ1) is 22.8. The van der Waals surface area contributed by atoms with Gasteiger partial charge in [-0.15, -0.1) is 0 Å². The van der Waals surface area contributed by atoms with E-state index in [0.29, 0.717) is 5.56 Å². The van der Waals surface area contributed by atoms with Crippen LogP contribution in [-0.2, 0) is 9.47 Å². The van der Waals surface area contributed by atoms with Gasteiger partial charge in [0.05, 0.1) is 18.2 Å². The molecule has 0 radical (unpaired) electrons. The first-order valence-corrected chi connectivity index (χ1v) is 9.79. The highest BCUT2D eigenvalue weighted by Crippen LogP contribution is 2.43. The zero-order valence-corrected chi connectivity index (χ0v) is 17.5. The van der Waals surface area contributed by atoms with Gasteiger partial charge in [-0.3, -0.25) is 4.79 Å². The van der Waals surface area contributed by atoms with Crippen LogP contribution >= 0.6 is 0 Å². The molecule has 1 aliphatic rings. The van der Waals surface area contributed by atoms with Crippen LogP contribution in [0.15, 0.2) is 39.7 Å². The number of aliphatic hydroxyl groups is 3. The molecule has 2 heterocycles. The molecule has 0 saturated carbocycles. The molecule has 1 aromatic heterocycles. The van der Waals surface area contributed by atoms with E-state index in [1.54, 1.807) is 0 Å². The third-order valence-corrected chi connectivity index (χ3v) is 5.62. The summed E-state index contributed by atoms with van der Waals surface area (Å²) in [6.07, 6.45) is -6.75. The SMILES string of the molecule is COc1cc(-c2coc3c(C4OC(OC)C(O)C(O)C4O)c(O)cc(O)c3c2=O)ccc1O. The minimum absolute atomic E-state index is 0.0167. The average Bonchev–Trinajstić information content (AvgIpc) is 2.79. The first-order chi connectivity index (χ1) is 15.7. The van der Waals surface area contributed by atoms with E-state index in [9.17, 15) is 35.4 Å². The van der Waals surface area contributed by atoms with Gasteiger partial charge < -0.3 is 49.3 Å². The number of aliphatic hydroxyl groups excluding tert-OH is 3. The molecule has 33 heavy (non-hydrogen) atoms.